The maximum Gasteiger partial charge on any atom is 0.255 e. The lowest BCUT2D eigenvalue weighted by atomic mass is 10.2. The van der Waals surface area contributed by atoms with Crippen molar-refractivity contribution in [2.75, 3.05) is 33.3 Å². The summed E-state index contributed by atoms with van der Waals surface area (Å²) in [7, 11) is 1.85. The number of nitrogens with zero attached hydrogens (tertiary/aromatic N) is 1. The summed E-state index contributed by atoms with van der Waals surface area (Å²) in [6.45, 7) is 2.41. The first-order valence-corrected chi connectivity index (χ1v) is 5.95. The molecule has 1 atom stereocenters. The van der Waals surface area contributed by atoms with Gasteiger partial charge in [-0.25, -0.2) is 0 Å². The van der Waals surface area contributed by atoms with Crippen LogP contribution in [-0.4, -0.2) is 55.2 Å². The van der Waals surface area contributed by atoms with Crippen LogP contribution < -0.4 is 10.9 Å². The molecule has 1 aliphatic rings. The van der Waals surface area contributed by atoms with Crippen LogP contribution in [-0.2, 0) is 4.74 Å². The summed E-state index contributed by atoms with van der Waals surface area (Å²) < 4.78 is 5.54. The van der Waals surface area contributed by atoms with Crippen molar-refractivity contribution in [1.29, 1.82) is 0 Å². The number of carbonyl (C=O) groups excluding carboxylic acids is 1. The van der Waals surface area contributed by atoms with E-state index in [4.69, 9.17) is 4.74 Å². The Labute approximate surface area is 105 Å². The predicted octanol–water partition coefficient (Wildman–Crippen LogP) is -0.565. The number of pyridine rings is 1. The number of aromatic nitrogens is 1. The number of hydrogen-bond acceptors (Lipinski definition) is 4. The van der Waals surface area contributed by atoms with E-state index in [1.165, 1.54) is 12.3 Å². The van der Waals surface area contributed by atoms with Gasteiger partial charge < -0.3 is 19.9 Å². The zero-order chi connectivity index (χ0) is 13.0. The molecule has 2 rings (SSSR count). The maximum absolute atomic E-state index is 12.2. The van der Waals surface area contributed by atoms with E-state index in [1.807, 2.05) is 7.05 Å². The van der Waals surface area contributed by atoms with E-state index in [2.05, 4.69) is 10.3 Å². The minimum Gasteiger partial charge on any atom is -0.373 e. The van der Waals surface area contributed by atoms with Gasteiger partial charge >= 0.3 is 0 Å². The van der Waals surface area contributed by atoms with Crippen molar-refractivity contribution in [1.82, 2.24) is 15.2 Å². The highest BCUT2D eigenvalue weighted by atomic mass is 16.5. The van der Waals surface area contributed by atoms with Gasteiger partial charge in [0.25, 0.3) is 5.91 Å². The van der Waals surface area contributed by atoms with Crippen LogP contribution in [0.3, 0.4) is 0 Å². The van der Waals surface area contributed by atoms with Gasteiger partial charge in [0.2, 0.25) is 5.56 Å². The molecule has 2 N–H and O–H groups in total. The number of H-pyrrole nitrogens is 1. The molecule has 0 saturated carbocycles. The summed E-state index contributed by atoms with van der Waals surface area (Å²) in [5, 5.41) is 3.03. The Kier molecular flexibility index (Phi) is 4.11. The molecule has 1 saturated heterocycles. The molecule has 1 aromatic rings. The Balaban J connectivity index is 2.04. The number of aromatic amines is 1. The third kappa shape index (κ3) is 2.96. The molecular formula is C12H17N3O3. The number of morpholine rings is 1. The number of likely N-dealkylation sites (N-methyl/N-ethyl adjacent to an activating group) is 1. The molecule has 0 aliphatic carbocycles. The molecule has 0 bridgehead atoms. The standard InChI is InChI=1S/C12H17N3O3/c1-13-7-10-8-15(4-5-18-10)12(17)9-2-3-11(16)14-6-9/h2-3,6,10,13H,4-5,7-8H2,1H3,(H,14,16). The number of ether oxygens (including phenoxy) is 1. The van der Waals surface area contributed by atoms with Crippen molar-refractivity contribution >= 4 is 5.91 Å². The smallest absolute Gasteiger partial charge is 0.255 e. The van der Waals surface area contributed by atoms with Gasteiger partial charge in [0.15, 0.2) is 0 Å². The average molecular weight is 251 g/mol. The molecule has 0 radical (unpaired) electrons. The lowest BCUT2D eigenvalue weighted by Crippen LogP contribution is -2.48. The fourth-order valence-electron chi connectivity index (χ4n) is 1.98. The topological polar surface area (TPSA) is 74.4 Å². The summed E-state index contributed by atoms with van der Waals surface area (Å²) in [6, 6.07) is 2.91. The van der Waals surface area contributed by atoms with E-state index in [-0.39, 0.29) is 17.6 Å². The van der Waals surface area contributed by atoms with Crippen molar-refractivity contribution in [3.05, 3.63) is 34.2 Å². The van der Waals surface area contributed by atoms with Crippen LogP contribution >= 0.6 is 0 Å². The first kappa shape index (κ1) is 12.8. The fraction of sp³-hybridized carbons (Fsp3) is 0.500. The van der Waals surface area contributed by atoms with Crippen LogP contribution in [0.1, 0.15) is 10.4 Å². The van der Waals surface area contributed by atoms with Crippen molar-refractivity contribution in [2.45, 2.75) is 6.10 Å². The maximum atomic E-state index is 12.2. The van der Waals surface area contributed by atoms with Gasteiger partial charge in [-0.05, 0) is 13.1 Å². The molecule has 0 aromatic carbocycles. The predicted molar refractivity (Wildman–Crippen MR) is 66.6 cm³/mol. The second-order valence-corrected chi connectivity index (χ2v) is 4.24. The van der Waals surface area contributed by atoms with E-state index in [0.29, 0.717) is 25.3 Å². The molecule has 1 fully saturated rings. The van der Waals surface area contributed by atoms with Gasteiger partial charge in [0.1, 0.15) is 0 Å². The molecule has 6 heteroatoms. The van der Waals surface area contributed by atoms with Crippen molar-refractivity contribution in [3.63, 3.8) is 0 Å². The second-order valence-electron chi connectivity index (χ2n) is 4.24. The summed E-state index contributed by atoms with van der Waals surface area (Å²) in [5.41, 5.74) is 0.293. The van der Waals surface area contributed by atoms with E-state index in [0.717, 1.165) is 6.54 Å². The molecule has 18 heavy (non-hydrogen) atoms. The number of nitrogens with one attached hydrogen (secondary N) is 2. The van der Waals surface area contributed by atoms with E-state index in [1.54, 1.807) is 11.0 Å². The third-order valence-corrected chi connectivity index (χ3v) is 2.89. The Morgan fingerprint density at radius 1 is 1.61 bits per heavy atom. The highest BCUT2D eigenvalue weighted by molar-refractivity contribution is 5.93. The molecular weight excluding hydrogens is 234 g/mol. The van der Waals surface area contributed by atoms with E-state index in [9.17, 15) is 9.59 Å². The molecule has 6 nitrogen and oxygen atoms in total. The quantitative estimate of drug-likeness (QED) is 0.755. The zero-order valence-electron chi connectivity index (χ0n) is 10.3. The summed E-state index contributed by atoms with van der Waals surface area (Å²) in [4.78, 5) is 27.4. The number of amides is 1. The second kappa shape index (κ2) is 5.79. The summed E-state index contributed by atoms with van der Waals surface area (Å²) in [6.07, 6.45) is 1.48. The third-order valence-electron chi connectivity index (χ3n) is 2.89. The molecule has 2 heterocycles. The largest absolute Gasteiger partial charge is 0.373 e. The van der Waals surface area contributed by atoms with Crippen LogP contribution in [0.15, 0.2) is 23.1 Å². The monoisotopic (exact) mass is 251 g/mol. The summed E-state index contributed by atoms with van der Waals surface area (Å²) in [5.74, 6) is -0.0735. The van der Waals surface area contributed by atoms with E-state index >= 15 is 0 Å². The van der Waals surface area contributed by atoms with Gasteiger partial charge in [-0.1, -0.05) is 0 Å². The first-order chi connectivity index (χ1) is 8.70. The van der Waals surface area contributed by atoms with Crippen molar-refractivity contribution < 1.29 is 9.53 Å². The normalized spacial score (nSPS) is 19.8. The van der Waals surface area contributed by atoms with Crippen molar-refractivity contribution in [3.8, 4) is 0 Å². The molecule has 98 valence electrons. The molecule has 1 aliphatic heterocycles. The molecule has 1 unspecified atom stereocenters. The lowest BCUT2D eigenvalue weighted by molar-refractivity contribution is -0.0196. The highest BCUT2D eigenvalue weighted by Gasteiger charge is 2.24. The fourth-order valence-corrected chi connectivity index (χ4v) is 1.98. The number of rotatable bonds is 3. The van der Waals surface area contributed by atoms with Crippen LogP contribution in [0.4, 0.5) is 0 Å². The van der Waals surface area contributed by atoms with Crippen LogP contribution in [0.2, 0.25) is 0 Å². The van der Waals surface area contributed by atoms with Crippen LogP contribution in [0, 0.1) is 0 Å². The van der Waals surface area contributed by atoms with Gasteiger partial charge in [0, 0.05) is 31.9 Å². The van der Waals surface area contributed by atoms with Crippen molar-refractivity contribution in [2.24, 2.45) is 0 Å². The Hall–Kier alpha value is -1.66. The van der Waals surface area contributed by atoms with Crippen LogP contribution in [0.5, 0.6) is 0 Å². The minimum atomic E-state index is -0.207. The van der Waals surface area contributed by atoms with Gasteiger partial charge in [-0.2, -0.15) is 0 Å². The van der Waals surface area contributed by atoms with Gasteiger partial charge in [-0.3, -0.25) is 9.59 Å². The Bertz CT molecular complexity index is 449. The van der Waals surface area contributed by atoms with Gasteiger partial charge in [0.05, 0.1) is 18.3 Å². The average Bonchev–Trinajstić information content (AvgIpc) is 2.39. The Morgan fingerprint density at radius 2 is 2.44 bits per heavy atom. The number of hydrogen-bond donors (Lipinski definition) is 2. The molecule has 0 spiro atoms. The SMILES string of the molecule is CNCC1CN(C(=O)c2ccc(=O)[nH]c2)CCO1. The zero-order valence-corrected chi connectivity index (χ0v) is 10.3. The molecule has 1 amide bonds. The summed E-state index contributed by atoms with van der Waals surface area (Å²) >= 11 is 0. The Morgan fingerprint density at radius 3 is 3.11 bits per heavy atom. The minimum absolute atomic E-state index is 0.0236. The van der Waals surface area contributed by atoms with Crippen LogP contribution in [0.25, 0.3) is 0 Å². The van der Waals surface area contributed by atoms with E-state index < -0.39 is 0 Å². The number of carbonyl (C=O) groups is 1. The lowest BCUT2D eigenvalue weighted by Gasteiger charge is -2.32. The highest BCUT2D eigenvalue weighted by Crippen LogP contribution is 2.09. The van der Waals surface area contributed by atoms with Gasteiger partial charge in [-0.15, -0.1) is 0 Å². The first-order valence-electron chi connectivity index (χ1n) is 5.95. The molecule has 1 aromatic heterocycles.